The Morgan fingerprint density at radius 1 is 1.08 bits per heavy atom. The van der Waals surface area contributed by atoms with Crippen LogP contribution in [-0.4, -0.2) is 64.0 Å². The minimum atomic E-state index is -5.08. The largest absolute Gasteiger partial charge is 0.490 e. The summed E-state index contributed by atoms with van der Waals surface area (Å²) in [5.74, 6) is -2.12. The van der Waals surface area contributed by atoms with Gasteiger partial charge in [-0.3, -0.25) is 4.79 Å². The number of carbonyl (C=O) groups excluding carboxylic acids is 1. The van der Waals surface area contributed by atoms with Crippen molar-refractivity contribution < 1.29 is 37.0 Å². The number of morpholine rings is 1. The van der Waals surface area contributed by atoms with Gasteiger partial charge >= 0.3 is 12.1 Å². The number of hydrogen-bond donors (Lipinski definition) is 2. The number of carboxylic acid groups (broad SMARTS) is 1. The van der Waals surface area contributed by atoms with Crippen LogP contribution in [0.2, 0.25) is 0 Å². The Kier molecular flexibility index (Phi) is 8.25. The molecule has 2 N–H and O–H groups in total. The molecule has 1 aliphatic carbocycles. The lowest BCUT2D eigenvalue weighted by Gasteiger charge is -2.26. The second kappa shape index (κ2) is 11.6. The molecule has 5 rings (SSSR count). The molecule has 0 unspecified atom stereocenters. The molecule has 0 atom stereocenters. The summed E-state index contributed by atoms with van der Waals surface area (Å²) in [6.45, 7) is 3.71. The maximum Gasteiger partial charge on any atom is 0.490 e. The van der Waals surface area contributed by atoms with Crippen molar-refractivity contribution in [2.75, 3.05) is 36.5 Å². The van der Waals surface area contributed by atoms with Gasteiger partial charge in [-0.15, -0.1) is 0 Å². The average Bonchev–Trinajstić information content (AvgIpc) is 3.60. The number of carboxylic acids is 1. The molecule has 3 heterocycles. The lowest BCUT2D eigenvalue weighted by atomic mass is 10.2. The van der Waals surface area contributed by atoms with Crippen molar-refractivity contribution >= 4 is 23.5 Å². The van der Waals surface area contributed by atoms with Crippen LogP contribution < -0.4 is 10.2 Å². The number of ether oxygens (including phenoxy) is 1. The standard InChI is InChI=1S/C23H24FN5O2.C2HF3O2/c24-19-2-1-3-20(11-19)27-22(30)21-10-17(15-29(21)14-16-4-5-16)18-12-25-23(26-13-18)28-6-8-31-9-7-28;3-2(4,5)1(6)7/h1-3,10-13,15-16H,4-9,14H2,(H,27,30);(H,6,7). The van der Waals surface area contributed by atoms with E-state index in [2.05, 4.69) is 20.2 Å². The van der Waals surface area contributed by atoms with Crippen LogP contribution in [0.4, 0.5) is 29.2 Å². The van der Waals surface area contributed by atoms with E-state index in [1.165, 1.54) is 25.0 Å². The summed E-state index contributed by atoms with van der Waals surface area (Å²) in [5.41, 5.74) is 2.72. The van der Waals surface area contributed by atoms with E-state index < -0.39 is 12.1 Å². The second-order valence-electron chi connectivity index (χ2n) is 8.85. The minimum absolute atomic E-state index is 0.261. The van der Waals surface area contributed by atoms with Crippen LogP contribution in [-0.2, 0) is 16.1 Å². The van der Waals surface area contributed by atoms with Crippen molar-refractivity contribution in [1.82, 2.24) is 14.5 Å². The van der Waals surface area contributed by atoms with Crippen LogP contribution in [0.3, 0.4) is 0 Å². The van der Waals surface area contributed by atoms with Gasteiger partial charge in [0.15, 0.2) is 0 Å². The van der Waals surface area contributed by atoms with Crippen molar-refractivity contribution in [3.8, 4) is 11.1 Å². The van der Waals surface area contributed by atoms with E-state index in [0.717, 1.165) is 30.8 Å². The topological polar surface area (TPSA) is 110 Å². The third kappa shape index (κ3) is 7.28. The molecule has 1 amide bonds. The third-order valence-electron chi connectivity index (χ3n) is 5.87. The van der Waals surface area contributed by atoms with Crippen molar-refractivity contribution in [2.24, 2.45) is 5.92 Å². The van der Waals surface area contributed by atoms with Crippen LogP contribution in [0.25, 0.3) is 11.1 Å². The molecular weight excluding hydrogens is 510 g/mol. The number of halogens is 4. The Hall–Kier alpha value is -4.00. The highest BCUT2D eigenvalue weighted by molar-refractivity contribution is 6.04. The normalized spacial score (nSPS) is 15.4. The fourth-order valence-electron chi connectivity index (χ4n) is 3.75. The van der Waals surface area contributed by atoms with Crippen molar-refractivity contribution in [3.63, 3.8) is 0 Å². The predicted octanol–water partition coefficient (Wildman–Crippen LogP) is 4.22. The molecule has 2 aromatic heterocycles. The monoisotopic (exact) mass is 535 g/mol. The number of aromatic nitrogens is 3. The van der Waals surface area contributed by atoms with Crippen LogP contribution in [0.15, 0.2) is 48.9 Å². The van der Waals surface area contributed by atoms with Gasteiger partial charge in [-0.05, 0) is 43.0 Å². The van der Waals surface area contributed by atoms with Crippen molar-refractivity contribution in [3.05, 3.63) is 60.4 Å². The first kappa shape index (κ1) is 27.0. The van der Waals surface area contributed by atoms with Crippen LogP contribution >= 0.6 is 0 Å². The molecule has 38 heavy (non-hydrogen) atoms. The molecule has 1 saturated heterocycles. The SMILES string of the molecule is O=C(Nc1cccc(F)c1)c1cc(-c2cnc(N3CCOCC3)nc2)cn1CC1CC1.O=C(O)C(F)(F)F. The summed E-state index contributed by atoms with van der Waals surface area (Å²) in [6.07, 6.45) is 2.84. The first-order chi connectivity index (χ1) is 18.1. The molecule has 0 spiro atoms. The zero-order valence-corrected chi connectivity index (χ0v) is 20.1. The molecule has 9 nitrogen and oxygen atoms in total. The number of rotatable bonds is 6. The smallest absolute Gasteiger partial charge is 0.475 e. The second-order valence-corrected chi connectivity index (χ2v) is 8.85. The van der Waals surface area contributed by atoms with Crippen molar-refractivity contribution in [1.29, 1.82) is 0 Å². The first-order valence-electron chi connectivity index (χ1n) is 11.8. The van der Waals surface area contributed by atoms with Gasteiger partial charge in [0.05, 0.1) is 13.2 Å². The molecule has 202 valence electrons. The number of anilines is 2. The van der Waals surface area contributed by atoms with Gasteiger partial charge in [-0.25, -0.2) is 19.2 Å². The van der Waals surface area contributed by atoms with E-state index in [9.17, 15) is 22.4 Å². The van der Waals surface area contributed by atoms with E-state index in [-0.39, 0.29) is 11.7 Å². The van der Waals surface area contributed by atoms with Gasteiger partial charge in [0.2, 0.25) is 5.95 Å². The van der Waals surface area contributed by atoms with Gasteiger partial charge in [0.1, 0.15) is 11.5 Å². The van der Waals surface area contributed by atoms with E-state index in [1.807, 2.05) is 16.8 Å². The van der Waals surface area contributed by atoms with Crippen molar-refractivity contribution in [2.45, 2.75) is 25.6 Å². The molecule has 2 fully saturated rings. The Morgan fingerprint density at radius 3 is 2.32 bits per heavy atom. The van der Waals surface area contributed by atoms with Crippen LogP contribution in [0.5, 0.6) is 0 Å². The highest BCUT2D eigenvalue weighted by atomic mass is 19.4. The number of alkyl halides is 3. The molecule has 13 heteroatoms. The molecule has 0 radical (unpaired) electrons. The fraction of sp³-hybridized carbons (Fsp3) is 0.360. The highest BCUT2D eigenvalue weighted by Crippen LogP contribution is 2.33. The zero-order chi connectivity index (χ0) is 27.3. The summed E-state index contributed by atoms with van der Waals surface area (Å²) in [6, 6.07) is 7.76. The van der Waals surface area contributed by atoms with E-state index in [4.69, 9.17) is 14.6 Å². The highest BCUT2D eigenvalue weighted by Gasteiger charge is 2.38. The first-order valence-corrected chi connectivity index (χ1v) is 11.8. The molecule has 2 aliphatic rings. The summed E-state index contributed by atoms with van der Waals surface area (Å²) >= 11 is 0. The lowest BCUT2D eigenvalue weighted by molar-refractivity contribution is -0.192. The summed E-state index contributed by atoms with van der Waals surface area (Å²) in [4.78, 5) is 33.0. The quantitative estimate of drug-likeness (QED) is 0.455. The van der Waals surface area contributed by atoms with Gasteiger partial charge in [-0.1, -0.05) is 6.07 Å². The Labute approximate surface area is 215 Å². The molecular formula is C25H25F4N5O4. The molecule has 3 aromatic rings. The molecule has 1 aliphatic heterocycles. The summed E-state index contributed by atoms with van der Waals surface area (Å²) in [5, 5.41) is 9.93. The third-order valence-corrected chi connectivity index (χ3v) is 5.87. The molecule has 1 aromatic carbocycles. The predicted molar refractivity (Wildman–Crippen MR) is 129 cm³/mol. The Bertz CT molecular complexity index is 1270. The van der Waals surface area contributed by atoms with Gasteiger partial charge in [-0.2, -0.15) is 13.2 Å². The number of hydrogen-bond acceptors (Lipinski definition) is 6. The minimum Gasteiger partial charge on any atom is -0.475 e. The number of aliphatic carboxylic acids is 1. The van der Waals surface area contributed by atoms with E-state index in [1.54, 1.807) is 24.5 Å². The van der Waals surface area contributed by atoms with E-state index in [0.29, 0.717) is 36.5 Å². The summed E-state index contributed by atoms with van der Waals surface area (Å²) < 4.78 is 52.6. The fourth-order valence-corrected chi connectivity index (χ4v) is 3.75. The number of amides is 1. The maximum atomic E-state index is 13.5. The number of nitrogens with zero attached hydrogens (tertiary/aromatic N) is 4. The number of carbonyl (C=O) groups is 2. The zero-order valence-electron chi connectivity index (χ0n) is 20.1. The Balaban J connectivity index is 0.000000426. The van der Waals surface area contributed by atoms with Gasteiger partial charge < -0.3 is 24.6 Å². The molecule has 0 bridgehead atoms. The van der Waals surface area contributed by atoms with Crippen LogP contribution in [0.1, 0.15) is 23.3 Å². The lowest BCUT2D eigenvalue weighted by Crippen LogP contribution is -2.37. The van der Waals surface area contributed by atoms with E-state index >= 15 is 0 Å². The maximum absolute atomic E-state index is 13.5. The van der Waals surface area contributed by atoms with Gasteiger partial charge in [0.25, 0.3) is 5.91 Å². The average molecular weight is 535 g/mol. The van der Waals surface area contributed by atoms with Crippen LogP contribution in [0, 0.1) is 11.7 Å². The molecule has 1 saturated carbocycles. The number of benzene rings is 1. The van der Waals surface area contributed by atoms with Gasteiger partial charge in [0, 0.05) is 55.0 Å². The Morgan fingerprint density at radius 2 is 1.74 bits per heavy atom. The summed E-state index contributed by atoms with van der Waals surface area (Å²) in [7, 11) is 0. The number of nitrogens with one attached hydrogen (secondary N) is 1.